The van der Waals surface area contributed by atoms with Crippen molar-refractivity contribution in [3.8, 4) is 0 Å². The van der Waals surface area contributed by atoms with E-state index >= 15 is 0 Å². The van der Waals surface area contributed by atoms with Gasteiger partial charge in [0.1, 0.15) is 0 Å². The Bertz CT molecular complexity index is 851. The molecule has 148 valence electrons. The molecule has 3 nitrogen and oxygen atoms in total. The molecule has 0 aliphatic carbocycles. The Hall–Kier alpha value is -1.52. The summed E-state index contributed by atoms with van der Waals surface area (Å²) in [6.45, 7) is 1.48. The van der Waals surface area contributed by atoms with Gasteiger partial charge in [-0.25, -0.2) is 4.98 Å². The molecule has 28 heavy (non-hydrogen) atoms. The molecular weight excluding hydrogens is 415 g/mol. The molecule has 0 N–H and O–H groups in total. The van der Waals surface area contributed by atoms with Gasteiger partial charge in [-0.15, -0.1) is 0 Å². The molecule has 0 saturated heterocycles. The monoisotopic (exact) mass is 436 g/mol. The second kappa shape index (κ2) is 10.9. The number of hydrogen-bond acceptors (Lipinski definition) is 2. The van der Waals surface area contributed by atoms with Crippen LogP contribution in [0.2, 0.25) is 15.1 Å². The number of unbranched alkanes of at least 4 members (excludes halogenated alkanes) is 2. The van der Waals surface area contributed by atoms with Crippen molar-refractivity contribution in [2.75, 3.05) is 0 Å². The number of nitrogens with zero attached hydrogens (tertiary/aromatic N) is 2. The number of imidazole rings is 1. The van der Waals surface area contributed by atoms with Crippen molar-refractivity contribution in [1.29, 1.82) is 0 Å². The van der Waals surface area contributed by atoms with Crippen LogP contribution in [-0.2, 0) is 17.9 Å². The predicted octanol–water partition coefficient (Wildman–Crippen LogP) is 7.36. The third-order valence-corrected chi connectivity index (χ3v) is 5.61. The summed E-state index contributed by atoms with van der Waals surface area (Å²) < 4.78 is 8.35. The lowest BCUT2D eigenvalue weighted by Gasteiger charge is -2.19. The third kappa shape index (κ3) is 6.52. The number of aryl methyl sites for hydroxylation is 1. The number of aromatic nitrogens is 2. The molecule has 0 fully saturated rings. The Balaban J connectivity index is 1.55. The van der Waals surface area contributed by atoms with Crippen molar-refractivity contribution in [1.82, 2.24) is 9.55 Å². The second-order valence-electron chi connectivity index (χ2n) is 6.75. The summed E-state index contributed by atoms with van der Waals surface area (Å²) >= 11 is 18.2. The normalized spacial score (nSPS) is 12.2. The van der Waals surface area contributed by atoms with E-state index in [-0.39, 0.29) is 6.10 Å². The molecule has 2 aromatic carbocycles. The maximum absolute atomic E-state index is 6.24. The standard InChI is InChI=1S/C22H23Cl3N2O/c23-19-8-6-18(7-9-19)22(4-2-1-3-12-27-13-11-26-16-27)28-15-17-5-10-20(24)21(25)14-17/h5-11,13-14,16,22H,1-4,12,15H2. The zero-order valence-electron chi connectivity index (χ0n) is 15.5. The Labute approximate surface area is 181 Å². The van der Waals surface area contributed by atoms with Crippen molar-refractivity contribution >= 4 is 34.8 Å². The quantitative estimate of drug-likeness (QED) is 0.310. The molecule has 0 amide bonds. The van der Waals surface area contributed by atoms with Crippen LogP contribution in [0.5, 0.6) is 0 Å². The lowest BCUT2D eigenvalue weighted by Crippen LogP contribution is -2.05. The zero-order valence-corrected chi connectivity index (χ0v) is 17.8. The van der Waals surface area contributed by atoms with Crippen molar-refractivity contribution in [2.45, 2.75) is 44.9 Å². The van der Waals surface area contributed by atoms with Gasteiger partial charge in [0.25, 0.3) is 0 Å². The molecule has 1 heterocycles. The number of hydrogen-bond donors (Lipinski definition) is 0. The highest BCUT2D eigenvalue weighted by Crippen LogP contribution is 2.28. The van der Waals surface area contributed by atoms with Crippen molar-refractivity contribution < 1.29 is 4.74 Å². The fraction of sp³-hybridized carbons (Fsp3) is 0.318. The lowest BCUT2D eigenvalue weighted by molar-refractivity contribution is 0.0321. The summed E-state index contributed by atoms with van der Waals surface area (Å²) in [6, 6.07) is 13.5. The van der Waals surface area contributed by atoms with Gasteiger partial charge in [-0.1, -0.05) is 65.8 Å². The van der Waals surface area contributed by atoms with Crippen LogP contribution in [0.25, 0.3) is 0 Å². The molecule has 0 aliphatic heterocycles. The van der Waals surface area contributed by atoms with Gasteiger partial charge in [-0.2, -0.15) is 0 Å². The summed E-state index contributed by atoms with van der Waals surface area (Å²) in [5.41, 5.74) is 2.15. The van der Waals surface area contributed by atoms with E-state index in [1.54, 1.807) is 6.07 Å². The van der Waals surface area contributed by atoms with E-state index in [2.05, 4.69) is 9.55 Å². The first kappa shape index (κ1) is 21.2. The maximum Gasteiger partial charge on any atom is 0.0945 e. The van der Waals surface area contributed by atoms with Crippen LogP contribution in [0.4, 0.5) is 0 Å². The number of benzene rings is 2. The summed E-state index contributed by atoms with van der Waals surface area (Å²) in [7, 11) is 0. The summed E-state index contributed by atoms with van der Waals surface area (Å²) in [5, 5.41) is 1.83. The maximum atomic E-state index is 6.24. The molecule has 3 aromatic rings. The van der Waals surface area contributed by atoms with Crippen LogP contribution in [0, 0.1) is 0 Å². The molecule has 1 unspecified atom stereocenters. The van der Waals surface area contributed by atoms with Crippen LogP contribution >= 0.6 is 34.8 Å². The largest absolute Gasteiger partial charge is 0.369 e. The van der Waals surface area contributed by atoms with Gasteiger partial charge in [0, 0.05) is 24.0 Å². The minimum atomic E-state index is 0.0139. The van der Waals surface area contributed by atoms with Gasteiger partial charge in [-0.3, -0.25) is 0 Å². The zero-order chi connectivity index (χ0) is 19.8. The first-order valence-electron chi connectivity index (χ1n) is 9.38. The van der Waals surface area contributed by atoms with Crippen LogP contribution in [0.1, 0.15) is 42.9 Å². The van der Waals surface area contributed by atoms with Crippen LogP contribution in [0.15, 0.2) is 61.2 Å². The van der Waals surface area contributed by atoms with Crippen LogP contribution in [0.3, 0.4) is 0 Å². The molecular formula is C22H23Cl3N2O. The number of rotatable bonds is 10. The number of halogens is 3. The first-order chi connectivity index (χ1) is 13.6. The highest BCUT2D eigenvalue weighted by Gasteiger charge is 2.13. The van der Waals surface area contributed by atoms with E-state index in [9.17, 15) is 0 Å². The van der Waals surface area contributed by atoms with Gasteiger partial charge >= 0.3 is 0 Å². The van der Waals surface area contributed by atoms with Gasteiger partial charge in [-0.05, 0) is 48.2 Å². The number of ether oxygens (including phenoxy) is 1. The third-order valence-electron chi connectivity index (χ3n) is 4.62. The van der Waals surface area contributed by atoms with E-state index < -0.39 is 0 Å². The Morgan fingerprint density at radius 1 is 0.929 bits per heavy atom. The molecule has 0 bridgehead atoms. The van der Waals surface area contributed by atoms with E-state index in [1.165, 1.54) is 0 Å². The molecule has 0 radical (unpaired) electrons. The van der Waals surface area contributed by atoms with E-state index in [0.29, 0.717) is 16.7 Å². The smallest absolute Gasteiger partial charge is 0.0945 e. The van der Waals surface area contributed by atoms with Crippen molar-refractivity contribution in [2.24, 2.45) is 0 Å². The molecule has 1 aromatic heterocycles. The van der Waals surface area contributed by atoms with Crippen LogP contribution in [-0.4, -0.2) is 9.55 Å². The Kier molecular flexibility index (Phi) is 8.23. The predicted molar refractivity (Wildman–Crippen MR) is 116 cm³/mol. The molecule has 0 aliphatic rings. The highest BCUT2D eigenvalue weighted by atomic mass is 35.5. The molecule has 0 spiro atoms. The fourth-order valence-electron chi connectivity index (χ4n) is 3.07. The van der Waals surface area contributed by atoms with Gasteiger partial charge in [0.2, 0.25) is 0 Å². The van der Waals surface area contributed by atoms with E-state index in [4.69, 9.17) is 39.5 Å². The summed E-state index contributed by atoms with van der Waals surface area (Å²) in [6.07, 6.45) is 9.98. The minimum Gasteiger partial charge on any atom is -0.369 e. The molecule has 6 heteroatoms. The molecule has 0 saturated carbocycles. The van der Waals surface area contributed by atoms with Crippen LogP contribution < -0.4 is 0 Å². The first-order valence-corrected chi connectivity index (χ1v) is 10.5. The van der Waals surface area contributed by atoms with E-state index in [0.717, 1.165) is 48.4 Å². The Morgan fingerprint density at radius 3 is 2.46 bits per heavy atom. The SMILES string of the molecule is Clc1ccc(C(CCCCCn2ccnc2)OCc2ccc(Cl)c(Cl)c2)cc1. The average Bonchev–Trinajstić information content (AvgIpc) is 3.21. The van der Waals surface area contributed by atoms with Crippen molar-refractivity contribution in [3.05, 3.63) is 87.4 Å². The lowest BCUT2D eigenvalue weighted by atomic mass is 10.0. The van der Waals surface area contributed by atoms with Gasteiger partial charge in [0.05, 0.1) is 29.1 Å². The molecule has 3 rings (SSSR count). The summed E-state index contributed by atoms with van der Waals surface area (Å²) in [4.78, 5) is 4.08. The molecule has 1 atom stereocenters. The average molecular weight is 438 g/mol. The minimum absolute atomic E-state index is 0.0139. The topological polar surface area (TPSA) is 27.1 Å². The van der Waals surface area contributed by atoms with Gasteiger partial charge in [0.15, 0.2) is 0 Å². The van der Waals surface area contributed by atoms with Gasteiger partial charge < -0.3 is 9.30 Å². The van der Waals surface area contributed by atoms with Crippen molar-refractivity contribution in [3.63, 3.8) is 0 Å². The van der Waals surface area contributed by atoms with E-state index in [1.807, 2.05) is 55.1 Å². The highest BCUT2D eigenvalue weighted by molar-refractivity contribution is 6.42. The summed E-state index contributed by atoms with van der Waals surface area (Å²) in [5.74, 6) is 0. The second-order valence-corrected chi connectivity index (χ2v) is 8.00. The Morgan fingerprint density at radius 2 is 1.75 bits per heavy atom. The fourth-order valence-corrected chi connectivity index (χ4v) is 3.52.